The van der Waals surface area contributed by atoms with Crippen LogP contribution in [0.1, 0.15) is 10.5 Å². The normalized spacial score (nSPS) is 11.0. The van der Waals surface area contributed by atoms with Crippen molar-refractivity contribution in [1.82, 2.24) is 15.1 Å². The van der Waals surface area contributed by atoms with Gasteiger partial charge in [-0.3, -0.25) is 9.42 Å². The van der Waals surface area contributed by atoms with Crippen LogP contribution in [0.5, 0.6) is 0 Å². The second kappa shape index (κ2) is 4.85. The number of aromatic amines is 1. The monoisotopic (exact) mass is 291 g/mol. The van der Waals surface area contributed by atoms with E-state index in [9.17, 15) is 10.0 Å². The number of thioether (sulfide) groups is 1. The molecule has 3 N–H and O–H groups in total. The molecule has 0 spiro atoms. The minimum Gasteiger partial charge on any atom is -0.359 e. The molecule has 0 atom stereocenters. The van der Waals surface area contributed by atoms with Crippen LogP contribution in [-0.4, -0.2) is 26.7 Å². The van der Waals surface area contributed by atoms with Crippen molar-refractivity contribution in [2.24, 2.45) is 0 Å². The molecule has 2 aromatic heterocycles. The molecule has 0 unspecified atom stereocenters. The maximum atomic E-state index is 11.9. The highest BCUT2D eigenvalue weighted by Crippen LogP contribution is 2.20. The molecule has 0 amide bonds. The molecule has 0 saturated heterocycles. The van der Waals surface area contributed by atoms with Gasteiger partial charge in [-0.1, -0.05) is 23.9 Å². The van der Waals surface area contributed by atoms with Crippen molar-refractivity contribution in [3.63, 3.8) is 0 Å². The van der Waals surface area contributed by atoms with Gasteiger partial charge in [0.05, 0.1) is 21.9 Å². The van der Waals surface area contributed by atoms with Crippen LogP contribution in [-0.2, 0) is 0 Å². The highest BCUT2D eigenvalue weighted by atomic mass is 32.2. The Balaban J connectivity index is 1.74. The first-order valence-corrected chi connectivity index (χ1v) is 6.59. The van der Waals surface area contributed by atoms with E-state index in [4.69, 9.17) is 5.73 Å². The summed E-state index contributed by atoms with van der Waals surface area (Å²) in [6, 6.07) is 7.51. The van der Waals surface area contributed by atoms with Crippen molar-refractivity contribution >= 4 is 34.4 Å². The van der Waals surface area contributed by atoms with Crippen molar-refractivity contribution in [3.8, 4) is 0 Å². The van der Waals surface area contributed by atoms with Gasteiger partial charge < -0.3 is 15.9 Å². The number of nitrogen functional groups attached to an aromatic ring is 1. The lowest BCUT2D eigenvalue weighted by atomic mass is 10.3. The zero-order valence-corrected chi connectivity index (χ0v) is 10.9. The number of fused-ring (bicyclic) bond motifs is 1. The van der Waals surface area contributed by atoms with Gasteiger partial charge in [-0.25, -0.2) is 4.98 Å². The van der Waals surface area contributed by atoms with Gasteiger partial charge in [-0.2, -0.15) is 0 Å². The van der Waals surface area contributed by atoms with E-state index < -0.39 is 5.78 Å². The number of rotatable bonds is 4. The maximum absolute atomic E-state index is 11.9. The fourth-order valence-corrected chi connectivity index (χ4v) is 2.45. The van der Waals surface area contributed by atoms with Crippen LogP contribution < -0.4 is 10.6 Å². The van der Waals surface area contributed by atoms with Gasteiger partial charge in [0.2, 0.25) is 5.78 Å². The summed E-state index contributed by atoms with van der Waals surface area (Å²) in [4.78, 5) is 19.3. The standard InChI is InChI=1S/C11H9N5O3S/c12-10-9(16(18)19-15-10)8(17)5-20-11-13-6-3-1-2-4-7(6)14-11/h1-4H,5H2,(H2,12,15)(H,13,14). The molecule has 1 aromatic carbocycles. The van der Waals surface area contributed by atoms with E-state index >= 15 is 0 Å². The molecule has 8 nitrogen and oxygen atoms in total. The van der Waals surface area contributed by atoms with Gasteiger partial charge in [0.1, 0.15) is 0 Å². The molecule has 0 saturated carbocycles. The first-order chi connectivity index (χ1) is 9.65. The number of H-pyrrole nitrogens is 1. The molecule has 2 heterocycles. The zero-order valence-electron chi connectivity index (χ0n) is 10.1. The average molecular weight is 291 g/mol. The second-order valence-corrected chi connectivity index (χ2v) is 4.90. The molecular weight excluding hydrogens is 282 g/mol. The lowest BCUT2D eigenvalue weighted by Crippen LogP contribution is -2.32. The first kappa shape index (κ1) is 12.5. The van der Waals surface area contributed by atoms with Crippen LogP contribution in [0, 0.1) is 5.21 Å². The molecule has 0 radical (unpaired) electrons. The van der Waals surface area contributed by atoms with Crippen molar-refractivity contribution in [2.45, 2.75) is 5.16 Å². The molecule has 20 heavy (non-hydrogen) atoms. The fourth-order valence-electron chi connectivity index (χ4n) is 1.70. The van der Waals surface area contributed by atoms with Gasteiger partial charge in [0, 0.05) is 0 Å². The Morgan fingerprint density at radius 1 is 1.50 bits per heavy atom. The largest absolute Gasteiger partial charge is 0.359 e. The predicted octanol–water partition coefficient (Wildman–Crippen LogP) is 0.741. The molecule has 0 aliphatic heterocycles. The van der Waals surface area contributed by atoms with E-state index in [1.807, 2.05) is 24.3 Å². The van der Waals surface area contributed by atoms with E-state index in [0.717, 1.165) is 11.0 Å². The summed E-state index contributed by atoms with van der Waals surface area (Å²) in [5.74, 6) is -0.674. The number of anilines is 1. The molecule has 0 aliphatic rings. The summed E-state index contributed by atoms with van der Waals surface area (Å²) >= 11 is 1.18. The summed E-state index contributed by atoms with van der Waals surface area (Å²) in [5.41, 5.74) is 6.80. The Hall–Kier alpha value is -2.55. The quantitative estimate of drug-likeness (QED) is 0.412. The highest BCUT2D eigenvalue weighted by Gasteiger charge is 2.24. The van der Waals surface area contributed by atoms with Crippen LogP contribution in [0.2, 0.25) is 0 Å². The van der Waals surface area contributed by atoms with Crippen molar-refractivity contribution in [1.29, 1.82) is 0 Å². The zero-order chi connectivity index (χ0) is 14.1. The average Bonchev–Trinajstić information content (AvgIpc) is 2.99. The van der Waals surface area contributed by atoms with Crippen molar-refractivity contribution < 1.29 is 14.3 Å². The van der Waals surface area contributed by atoms with E-state index in [1.54, 1.807) is 0 Å². The van der Waals surface area contributed by atoms with Crippen molar-refractivity contribution in [2.75, 3.05) is 11.5 Å². The topological polar surface area (TPSA) is 125 Å². The fraction of sp³-hybridized carbons (Fsp3) is 0.0909. The lowest BCUT2D eigenvalue weighted by Gasteiger charge is -1.95. The number of hydrogen-bond donors (Lipinski definition) is 2. The Morgan fingerprint density at radius 2 is 2.30 bits per heavy atom. The Kier molecular flexibility index (Phi) is 3.03. The number of benzene rings is 1. The molecule has 0 bridgehead atoms. The highest BCUT2D eigenvalue weighted by molar-refractivity contribution is 7.99. The number of hydrogen-bond acceptors (Lipinski definition) is 7. The number of nitrogens with zero attached hydrogens (tertiary/aromatic N) is 3. The third-order valence-corrected chi connectivity index (χ3v) is 3.48. The smallest absolute Gasteiger partial charge is 0.316 e. The van der Waals surface area contributed by atoms with Gasteiger partial charge in [-0.05, 0) is 17.0 Å². The van der Waals surface area contributed by atoms with E-state index in [2.05, 4.69) is 19.8 Å². The maximum Gasteiger partial charge on any atom is 0.316 e. The van der Waals surface area contributed by atoms with Gasteiger partial charge in [-0.15, -0.1) is 0 Å². The SMILES string of the molecule is Nc1no[n+]([O-])c1C(=O)CSc1nc2ccccc2[nH]1. The van der Waals surface area contributed by atoms with E-state index in [-0.39, 0.29) is 22.2 Å². The number of nitrogens with two attached hydrogens (primary N) is 1. The number of Topliss-reactive ketones (excluding diaryl/α,β-unsaturated/α-hetero) is 1. The number of para-hydroxylation sites is 2. The molecule has 0 fully saturated rings. The number of imidazole rings is 1. The second-order valence-electron chi connectivity index (χ2n) is 3.93. The number of aromatic nitrogens is 4. The summed E-state index contributed by atoms with van der Waals surface area (Å²) in [5, 5.41) is 15.0. The molecule has 3 aromatic rings. The Labute approximate surface area is 116 Å². The summed E-state index contributed by atoms with van der Waals surface area (Å²) in [7, 11) is 0. The van der Waals surface area contributed by atoms with Gasteiger partial charge >= 0.3 is 5.82 Å². The van der Waals surface area contributed by atoms with Gasteiger partial charge in [0.25, 0.3) is 5.69 Å². The summed E-state index contributed by atoms with van der Waals surface area (Å²) < 4.78 is 4.25. The number of carbonyl (C=O) groups is 1. The summed E-state index contributed by atoms with van der Waals surface area (Å²) in [6.07, 6.45) is 0. The Morgan fingerprint density at radius 3 is 3.00 bits per heavy atom. The van der Waals surface area contributed by atoms with E-state index in [0.29, 0.717) is 5.16 Å². The number of carbonyl (C=O) groups excluding carboxylic acids is 1. The molecule has 9 heteroatoms. The minimum absolute atomic E-state index is 0.00742. The van der Waals surface area contributed by atoms with E-state index in [1.165, 1.54) is 11.8 Å². The van der Waals surface area contributed by atoms with Crippen molar-refractivity contribution in [3.05, 3.63) is 35.2 Å². The number of nitrogens with one attached hydrogen (secondary N) is 1. The van der Waals surface area contributed by atoms with Crippen LogP contribution in [0.3, 0.4) is 0 Å². The van der Waals surface area contributed by atoms with Crippen LogP contribution >= 0.6 is 11.8 Å². The summed E-state index contributed by atoms with van der Waals surface area (Å²) in [6.45, 7) is 0. The first-order valence-electron chi connectivity index (χ1n) is 5.61. The predicted molar refractivity (Wildman–Crippen MR) is 71.0 cm³/mol. The Bertz CT molecular complexity index is 729. The van der Waals surface area contributed by atoms with Crippen LogP contribution in [0.25, 0.3) is 11.0 Å². The lowest BCUT2D eigenvalue weighted by molar-refractivity contribution is -0.803. The van der Waals surface area contributed by atoms with Crippen LogP contribution in [0.4, 0.5) is 5.82 Å². The van der Waals surface area contributed by atoms with Crippen LogP contribution in [0.15, 0.2) is 34.1 Å². The molecule has 3 rings (SSSR count). The molecule has 0 aliphatic carbocycles. The molecule has 102 valence electrons. The molecular formula is C11H9N5O3S. The minimum atomic E-state index is -0.468. The third-order valence-electron chi connectivity index (χ3n) is 2.61. The third kappa shape index (κ3) is 2.18. The van der Waals surface area contributed by atoms with Gasteiger partial charge in [0.15, 0.2) is 5.16 Å². The number of ketones is 1.